The molecule has 16 aliphatic rings. The quantitative estimate of drug-likeness (QED) is 0.0973. The van der Waals surface area contributed by atoms with Crippen LogP contribution in [-0.2, 0) is 142 Å². The summed E-state index contributed by atoms with van der Waals surface area (Å²) in [6.07, 6.45) is 54.9. The summed E-state index contributed by atoms with van der Waals surface area (Å²) in [5, 5.41) is 3.37. The Morgan fingerprint density at radius 2 is 0.649 bits per heavy atom. The van der Waals surface area contributed by atoms with Gasteiger partial charge in [-0.3, -0.25) is 71.9 Å². The number of benzene rings is 1. The lowest BCUT2D eigenvalue weighted by Crippen LogP contribution is -2.41. The minimum absolute atomic E-state index is 0.00521. The topological polar surface area (TPSA) is 446 Å². The predicted molar refractivity (Wildman–Crippen MR) is 455 cm³/mol. The fourth-order valence-electron chi connectivity index (χ4n) is 19.5. The molecule has 10 unspecified atom stereocenters. The molecule has 2 saturated carbocycles. The van der Waals surface area contributed by atoms with Gasteiger partial charge in [-0.05, 0) is 193 Å². The molecule has 0 radical (unpaired) electrons. The average molecular weight is 1810 g/mol. The van der Waals surface area contributed by atoms with Crippen LogP contribution in [0, 0.1) is 65.1 Å². The average Bonchev–Trinajstić information content (AvgIpc) is 1.60. The van der Waals surface area contributed by atoms with Crippen LogP contribution >= 0.6 is 0 Å². The van der Waals surface area contributed by atoms with Gasteiger partial charge in [-0.2, -0.15) is 0 Å². The fourth-order valence-corrected chi connectivity index (χ4v) is 19.5. The highest BCUT2D eigenvalue weighted by atomic mass is 16.8. The van der Waals surface area contributed by atoms with Gasteiger partial charge in [0.05, 0.1) is 30.9 Å². The second kappa shape index (κ2) is 47.4. The number of aryl methyl sites for hydroxylation is 2. The molecule has 7 heterocycles. The van der Waals surface area contributed by atoms with Crippen LogP contribution in [0.1, 0.15) is 253 Å². The van der Waals surface area contributed by atoms with Crippen molar-refractivity contribution in [3.8, 4) is 0 Å². The Bertz CT molecular complexity index is 4620. The van der Waals surface area contributed by atoms with Gasteiger partial charge in [0.2, 0.25) is 5.91 Å². The van der Waals surface area contributed by atoms with Crippen LogP contribution in [0.2, 0.25) is 0 Å². The largest absolute Gasteiger partial charge is 0.365 e. The number of imide groups is 6. The summed E-state index contributed by atoms with van der Waals surface area (Å²) in [5.41, 5.74) is 2.72. The third-order valence-electron chi connectivity index (χ3n) is 26.1. The zero-order chi connectivity index (χ0) is 93.2. The monoisotopic (exact) mass is 1810 g/mol. The lowest BCUT2D eigenvalue weighted by Gasteiger charge is -2.28. The van der Waals surface area contributed by atoms with Gasteiger partial charge in [0.1, 0.15) is 24.7 Å². The Balaban J connectivity index is 0.000000142. The van der Waals surface area contributed by atoms with Gasteiger partial charge in [0.15, 0.2) is 0 Å². The van der Waals surface area contributed by atoms with Crippen LogP contribution in [0.4, 0.5) is 0 Å². The van der Waals surface area contributed by atoms with Crippen molar-refractivity contribution in [2.45, 2.75) is 250 Å². The van der Waals surface area contributed by atoms with E-state index in [1.807, 2.05) is 48.6 Å². The minimum Gasteiger partial charge on any atom is -0.365 e. The van der Waals surface area contributed by atoms with Crippen molar-refractivity contribution >= 4 is 124 Å². The molecule has 0 N–H and O–H groups in total. The van der Waals surface area contributed by atoms with Gasteiger partial charge in [0, 0.05) is 127 Å². The van der Waals surface area contributed by atoms with Gasteiger partial charge >= 0.3 is 35.8 Å². The van der Waals surface area contributed by atoms with Crippen molar-refractivity contribution in [3.63, 3.8) is 0 Å². The van der Waals surface area contributed by atoms with Gasteiger partial charge in [-0.15, -0.1) is 30.4 Å². The SMILES string of the molecule is O=C(CC1C/C=C/CCCC1=O)ON1C(=O)CCC1=O.O=C(CC1C2C=CC1C1CC/C=C/CCC21)ON1C(=O)CCC1=O.O=C(CC1CC/C=C/CCC1=O)ON1C(=O)CCC1=O.O=C(CN1CC/C=C/CCC1=O)ON1C(=O)CCC1=O.O=C(COC1C2C=CC1C1CC/C=C/CCC21)ON1C(=O)CCC1=O.O=C(ON1C(=O)CCC1=O)c1ccc2c(c1)CC/C=C/CC2. The Hall–Kier alpha value is -12.4. The number of amides is 13. The number of carbonyl (C=O) groups is 21. The van der Waals surface area contributed by atoms with E-state index in [0.29, 0.717) is 148 Å². The fraction of sp³-hybridized carbons (Fsp3) is 0.552. The molecule has 6 saturated heterocycles. The van der Waals surface area contributed by atoms with Crippen LogP contribution in [0.25, 0.3) is 0 Å². The van der Waals surface area contributed by atoms with Gasteiger partial charge in [-0.25, -0.2) is 28.8 Å². The van der Waals surface area contributed by atoms with E-state index >= 15 is 0 Å². The van der Waals surface area contributed by atoms with Crippen molar-refractivity contribution in [1.82, 2.24) is 35.3 Å². The lowest BCUT2D eigenvalue weighted by atomic mass is 9.77. The van der Waals surface area contributed by atoms with Crippen molar-refractivity contribution in [2.75, 3.05) is 19.7 Å². The van der Waals surface area contributed by atoms with Crippen LogP contribution in [0.15, 0.2) is 115 Å². The third-order valence-corrected chi connectivity index (χ3v) is 26.1. The number of hydrogen-bond acceptors (Lipinski definition) is 28. The summed E-state index contributed by atoms with van der Waals surface area (Å²) in [5.74, 6) is -6.24. The smallest absolute Gasteiger partial charge is 0.363 e. The van der Waals surface area contributed by atoms with Crippen molar-refractivity contribution in [2.24, 2.45) is 65.1 Å². The molecule has 35 heteroatoms. The molecule has 17 rings (SSSR count). The summed E-state index contributed by atoms with van der Waals surface area (Å²) in [7, 11) is 0. The van der Waals surface area contributed by atoms with E-state index in [9.17, 15) is 101 Å². The van der Waals surface area contributed by atoms with E-state index in [2.05, 4.69) is 60.8 Å². The van der Waals surface area contributed by atoms with E-state index in [1.165, 1.54) is 23.3 Å². The second-order valence-electron chi connectivity index (χ2n) is 34.9. The number of ketones is 2. The molecular weight excluding hydrogens is 1700 g/mol. The molecule has 10 atom stereocenters. The highest BCUT2D eigenvalue weighted by molar-refractivity contribution is 6.06. The normalized spacial score (nSPS) is 28.6. The number of carbonyl (C=O) groups excluding carboxylic acids is 21. The van der Waals surface area contributed by atoms with Crippen molar-refractivity contribution in [1.29, 1.82) is 0 Å². The molecule has 8 fully saturated rings. The number of ether oxygens (including phenoxy) is 1. The zero-order valence-electron chi connectivity index (χ0n) is 73.5. The van der Waals surface area contributed by atoms with E-state index in [0.717, 1.165) is 89.0 Å². The Labute approximate surface area is 757 Å². The number of allylic oxidation sites excluding steroid dienone is 13. The van der Waals surface area contributed by atoms with Gasteiger partial charge in [0.25, 0.3) is 70.9 Å². The second-order valence-corrected chi connectivity index (χ2v) is 34.9. The first kappa shape index (κ1) is 97.6. The Kier molecular flexibility index (Phi) is 35.3. The Morgan fingerprint density at radius 1 is 0.298 bits per heavy atom. The number of Topliss-reactive ketones (excluding diaryl/α,β-unsaturated/α-hetero) is 2. The maximum absolute atomic E-state index is 12.3. The molecule has 4 bridgehead atoms. The summed E-state index contributed by atoms with van der Waals surface area (Å²) in [6.45, 7) is -0.0514. The summed E-state index contributed by atoms with van der Waals surface area (Å²) >= 11 is 0. The molecule has 131 heavy (non-hydrogen) atoms. The molecule has 1 aromatic carbocycles. The Morgan fingerprint density at radius 3 is 1.11 bits per heavy atom. The van der Waals surface area contributed by atoms with E-state index in [-0.39, 0.29) is 138 Å². The first-order chi connectivity index (χ1) is 63.2. The molecule has 13 amide bonds. The number of fused-ring (bicyclic) bond motifs is 11. The summed E-state index contributed by atoms with van der Waals surface area (Å²) in [6, 6.07) is 5.43. The highest BCUT2D eigenvalue weighted by Crippen LogP contribution is 2.57. The number of hydroxylamine groups is 12. The van der Waals surface area contributed by atoms with Gasteiger partial charge in [-0.1, -0.05) is 103 Å². The van der Waals surface area contributed by atoms with E-state index < -0.39 is 113 Å². The molecule has 0 spiro atoms. The molecule has 7 aliphatic heterocycles. The van der Waals surface area contributed by atoms with Crippen LogP contribution in [-0.4, -0.2) is 185 Å². The zero-order valence-corrected chi connectivity index (χ0v) is 73.5. The van der Waals surface area contributed by atoms with Gasteiger partial charge < -0.3 is 38.7 Å². The molecule has 1 aromatic rings. The highest BCUT2D eigenvalue weighted by Gasteiger charge is 2.54. The summed E-state index contributed by atoms with van der Waals surface area (Å²) < 4.78 is 5.90. The lowest BCUT2D eigenvalue weighted by molar-refractivity contribution is -0.201. The first-order valence-corrected chi connectivity index (χ1v) is 45.9. The van der Waals surface area contributed by atoms with E-state index in [4.69, 9.17) is 33.8 Å². The third kappa shape index (κ3) is 26.5. The number of rotatable bonds is 18. The van der Waals surface area contributed by atoms with Crippen molar-refractivity contribution < 1.29 is 134 Å². The van der Waals surface area contributed by atoms with Crippen LogP contribution in [0.5, 0.6) is 0 Å². The molecular formula is C96H113N7O28. The maximum Gasteiger partial charge on any atom is 0.363 e. The minimum atomic E-state index is -0.772. The summed E-state index contributed by atoms with van der Waals surface area (Å²) in [4.78, 5) is 275. The maximum atomic E-state index is 12.3. The van der Waals surface area contributed by atoms with Crippen molar-refractivity contribution in [3.05, 3.63) is 132 Å². The predicted octanol–water partition coefficient (Wildman–Crippen LogP) is 10.0. The molecule has 0 aromatic heterocycles. The molecule has 9 aliphatic carbocycles. The first-order valence-electron chi connectivity index (χ1n) is 45.9. The molecule has 700 valence electrons. The van der Waals surface area contributed by atoms with Crippen LogP contribution in [0.3, 0.4) is 0 Å². The van der Waals surface area contributed by atoms with E-state index in [1.54, 1.807) is 6.07 Å². The number of nitrogens with zero attached hydrogens (tertiary/aromatic N) is 7. The molecule has 35 nitrogen and oxygen atoms in total. The standard InChI is InChI=1S/C19H23NO5.C19H23NO4.C17H17NO4.2C14H17NO5.C13H16N2O5/c21-16-9-10-17(22)20(16)25-18(23)11-24-19-14-7-8-15(19)13-6-4-2-1-3-5-12(13)14;21-17-9-10-18(22)20(17)24-19(23)11-16-14-7-8-15(16)13-6-4-2-1-3-5-12(13)14;19-15-9-10-16(20)18(15)22-17(21)14-8-7-12-5-3-1-2-4-6-13(12)11-14;2*16-11-6-4-2-1-3-5-10(11)9-14(19)20-15-12(17)7-8-13(15)18;16-10-5-3-1-2-4-8-14(10)9-13(19)20-15-11(17)6-7-12(15)18/h1-2,7-8,12-15,19H,3-6,9-11H2;1-2,7-8,12-16H,3-6,9-11H2;1-2,7-8,11H,3-6,9-10H2;1,3,10H,2,4-9H2;1-2,10H,3-9H2;1-2H,3-9H2/b3*2-1+;3-1+;2*2-1+. The number of hydrogen-bond donors (Lipinski definition) is 0. The van der Waals surface area contributed by atoms with Crippen LogP contribution < -0.4 is 0 Å².